The zero-order valence-electron chi connectivity index (χ0n) is 30.1. The predicted molar refractivity (Wildman–Crippen MR) is 233 cm³/mol. The lowest BCUT2D eigenvalue weighted by molar-refractivity contribution is 0.671. The molecule has 0 amide bonds. The van der Waals surface area contributed by atoms with Gasteiger partial charge in [0, 0.05) is 58.8 Å². The van der Waals surface area contributed by atoms with E-state index in [4.69, 9.17) is 19.4 Å². The number of rotatable bonds is 6. The number of hydrogen-bond donors (Lipinski definition) is 0. The van der Waals surface area contributed by atoms with Crippen molar-refractivity contribution in [3.05, 3.63) is 188 Å². The predicted octanol–water partition coefficient (Wildman–Crippen LogP) is 14.1. The molecular weight excluding hydrogens is 703 g/mol. The van der Waals surface area contributed by atoms with E-state index >= 15 is 0 Å². The molecule has 0 saturated heterocycles. The topological polar surface area (TPSA) is 51.8 Å². The van der Waals surface area contributed by atoms with Crippen molar-refractivity contribution in [2.75, 3.05) is 0 Å². The molecule has 0 saturated carbocycles. The average molecular weight is 734 g/mol. The highest BCUT2D eigenvalue weighted by atomic mass is 32.1. The van der Waals surface area contributed by atoms with Crippen molar-refractivity contribution < 1.29 is 4.42 Å². The summed E-state index contributed by atoms with van der Waals surface area (Å²) in [7, 11) is 0. The van der Waals surface area contributed by atoms with Crippen LogP contribution in [0.3, 0.4) is 0 Å². The Morgan fingerprint density at radius 1 is 0.321 bits per heavy atom. The van der Waals surface area contributed by atoms with Crippen LogP contribution in [0.15, 0.2) is 192 Å². The maximum atomic E-state index is 7.28. The third kappa shape index (κ3) is 5.40. The van der Waals surface area contributed by atoms with E-state index in [2.05, 4.69) is 127 Å². The summed E-state index contributed by atoms with van der Waals surface area (Å²) in [6, 6.07) is 65.5. The second-order valence-electron chi connectivity index (χ2n) is 13.9. The molecule has 8 aromatic carbocycles. The first-order valence-corrected chi connectivity index (χ1v) is 19.5. The summed E-state index contributed by atoms with van der Waals surface area (Å²) < 4.78 is 9.78. The number of thiophene rings is 1. The van der Waals surface area contributed by atoms with Crippen molar-refractivity contribution in [3.63, 3.8) is 0 Å². The van der Waals surface area contributed by atoms with Gasteiger partial charge in [0.2, 0.25) is 0 Å². The summed E-state index contributed by atoms with van der Waals surface area (Å²) in [4.78, 5) is 15.5. The second-order valence-corrected chi connectivity index (χ2v) is 15.0. The molecule has 0 bridgehead atoms. The smallest absolute Gasteiger partial charge is 0.164 e. The molecule has 11 aromatic rings. The Morgan fingerprint density at radius 3 is 1.55 bits per heavy atom. The molecule has 4 nitrogen and oxygen atoms in total. The Kier molecular flexibility index (Phi) is 7.64. The summed E-state index contributed by atoms with van der Waals surface area (Å²) in [5, 5.41) is 4.44. The molecule has 262 valence electrons. The van der Waals surface area contributed by atoms with Crippen LogP contribution in [0.1, 0.15) is 0 Å². The molecule has 0 radical (unpaired) electrons. The van der Waals surface area contributed by atoms with E-state index in [-0.39, 0.29) is 0 Å². The van der Waals surface area contributed by atoms with Gasteiger partial charge in [-0.3, -0.25) is 0 Å². The number of aromatic nitrogens is 3. The average Bonchev–Trinajstić information content (AvgIpc) is 3.86. The molecule has 5 heteroatoms. The largest absolute Gasteiger partial charge is 0.455 e. The molecule has 0 aliphatic heterocycles. The van der Waals surface area contributed by atoms with E-state index in [0.717, 1.165) is 72.0 Å². The minimum atomic E-state index is 0.586. The first-order chi connectivity index (χ1) is 27.8. The lowest BCUT2D eigenvalue weighted by atomic mass is 9.92. The number of fused-ring (bicyclic) bond motifs is 6. The molecule has 0 unspecified atom stereocenters. The highest BCUT2D eigenvalue weighted by Crippen LogP contribution is 2.48. The fourth-order valence-electron chi connectivity index (χ4n) is 7.94. The lowest BCUT2D eigenvalue weighted by Crippen LogP contribution is -2.00. The second kappa shape index (κ2) is 13.3. The molecule has 0 aliphatic rings. The Hall–Kier alpha value is -7.21. The zero-order valence-corrected chi connectivity index (χ0v) is 30.9. The maximum Gasteiger partial charge on any atom is 0.164 e. The van der Waals surface area contributed by atoms with Crippen molar-refractivity contribution in [2.45, 2.75) is 0 Å². The van der Waals surface area contributed by atoms with Crippen molar-refractivity contribution >= 4 is 53.4 Å². The van der Waals surface area contributed by atoms with Crippen LogP contribution in [-0.4, -0.2) is 15.0 Å². The van der Waals surface area contributed by atoms with Crippen LogP contribution in [-0.2, 0) is 0 Å². The van der Waals surface area contributed by atoms with Crippen molar-refractivity contribution in [1.29, 1.82) is 0 Å². The van der Waals surface area contributed by atoms with Gasteiger partial charge in [0.25, 0.3) is 0 Å². The van der Waals surface area contributed by atoms with Crippen molar-refractivity contribution in [3.8, 4) is 67.5 Å². The van der Waals surface area contributed by atoms with E-state index in [1.54, 1.807) is 0 Å². The Morgan fingerprint density at radius 2 is 0.875 bits per heavy atom. The zero-order chi connectivity index (χ0) is 37.0. The lowest BCUT2D eigenvalue weighted by Gasteiger charge is -2.12. The van der Waals surface area contributed by atoms with Crippen LogP contribution >= 0.6 is 11.3 Å². The first-order valence-electron chi connectivity index (χ1n) is 18.7. The highest BCUT2D eigenvalue weighted by molar-refractivity contribution is 7.25. The fourth-order valence-corrected chi connectivity index (χ4v) is 9.07. The summed E-state index contributed by atoms with van der Waals surface area (Å²) >= 11 is 1.82. The van der Waals surface area contributed by atoms with Gasteiger partial charge in [-0.2, -0.15) is 0 Å². The monoisotopic (exact) mass is 733 g/mol. The van der Waals surface area contributed by atoms with Crippen molar-refractivity contribution in [2.24, 2.45) is 0 Å². The normalized spacial score (nSPS) is 11.6. The van der Waals surface area contributed by atoms with Crippen LogP contribution < -0.4 is 0 Å². The van der Waals surface area contributed by atoms with Gasteiger partial charge in [0.1, 0.15) is 11.2 Å². The Labute approximate surface area is 327 Å². The van der Waals surface area contributed by atoms with Gasteiger partial charge in [0.05, 0.1) is 0 Å². The molecule has 11 rings (SSSR count). The highest BCUT2D eigenvalue weighted by Gasteiger charge is 2.24. The van der Waals surface area contributed by atoms with Crippen LogP contribution in [0.5, 0.6) is 0 Å². The van der Waals surface area contributed by atoms with Crippen LogP contribution in [0.4, 0.5) is 0 Å². The minimum Gasteiger partial charge on any atom is -0.455 e. The van der Waals surface area contributed by atoms with E-state index in [1.165, 1.54) is 20.2 Å². The molecule has 0 fully saturated rings. The minimum absolute atomic E-state index is 0.586. The van der Waals surface area contributed by atoms with Crippen LogP contribution in [0.25, 0.3) is 110 Å². The van der Waals surface area contributed by atoms with Gasteiger partial charge >= 0.3 is 0 Å². The third-order valence-electron chi connectivity index (χ3n) is 10.5. The van der Waals surface area contributed by atoms with Gasteiger partial charge in [-0.1, -0.05) is 152 Å². The first kappa shape index (κ1) is 32.2. The van der Waals surface area contributed by atoms with Gasteiger partial charge in [-0.15, -0.1) is 11.3 Å². The fraction of sp³-hybridized carbons (Fsp3) is 0. The van der Waals surface area contributed by atoms with Gasteiger partial charge in [-0.05, 0) is 58.7 Å². The molecular formula is C51H31N3OS. The molecule has 3 aromatic heterocycles. The number of hydrogen-bond acceptors (Lipinski definition) is 5. The molecule has 0 aliphatic carbocycles. The molecule has 0 N–H and O–H groups in total. The molecule has 0 atom stereocenters. The standard InChI is InChI=1S/C51H31N3OS/c1-5-16-32(17-6-1)36-30-41(33-18-7-2-8-19-33)47-42(31-36)46-40(51-53-49(34-20-9-3-10-21-34)52-50(54-51)35-22-11-4-12-23-35)29-28-38(48(46)55-47)37-25-15-27-44-45(37)39-24-13-14-26-43(39)56-44/h1-31H. The summed E-state index contributed by atoms with van der Waals surface area (Å²) in [5.74, 6) is 1.82. The maximum absolute atomic E-state index is 7.28. The number of benzene rings is 8. The molecule has 0 spiro atoms. The van der Waals surface area contributed by atoms with E-state index in [1.807, 2.05) is 72.0 Å². The van der Waals surface area contributed by atoms with Gasteiger partial charge in [0.15, 0.2) is 17.5 Å². The van der Waals surface area contributed by atoms with Crippen LogP contribution in [0.2, 0.25) is 0 Å². The van der Waals surface area contributed by atoms with Crippen molar-refractivity contribution in [1.82, 2.24) is 15.0 Å². The Balaban J connectivity index is 1.28. The summed E-state index contributed by atoms with van der Waals surface area (Å²) in [6.07, 6.45) is 0. The van der Waals surface area contributed by atoms with Gasteiger partial charge < -0.3 is 4.42 Å². The SMILES string of the molecule is c1ccc(-c2cc(-c3ccccc3)c3oc4c(-c5cccc6sc7ccccc7c56)ccc(-c5nc(-c6ccccc6)nc(-c6ccccc6)n5)c4c3c2)cc1. The van der Waals surface area contributed by atoms with E-state index < -0.39 is 0 Å². The number of nitrogens with zero attached hydrogens (tertiary/aromatic N) is 3. The van der Waals surface area contributed by atoms with Crippen LogP contribution in [0, 0.1) is 0 Å². The molecule has 56 heavy (non-hydrogen) atoms. The van der Waals surface area contributed by atoms with Gasteiger partial charge in [-0.25, -0.2) is 15.0 Å². The Bertz CT molecular complexity index is 3170. The molecule has 3 heterocycles. The number of furan rings is 1. The third-order valence-corrected chi connectivity index (χ3v) is 11.7. The summed E-state index contributed by atoms with van der Waals surface area (Å²) in [6.45, 7) is 0. The van der Waals surface area contributed by atoms with E-state index in [9.17, 15) is 0 Å². The quantitative estimate of drug-likeness (QED) is 0.171. The summed E-state index contributed by atoms with van der Waals surface area (Å²) in [5.41, 5.74) is 10.8. The van der Waals surface area contributed by atoms with E-state index in [0.29, 0.717) is 17.5 Å².